The van der Waals surface area contributed by atoms with E-state index in [-0.39, 0.29) is 11.9 Å². The van der Waals surface area contributed by atoms with E-state index in [0.717, 1.165) is 18.1 Å². The first kappa shape index (κ1) is 11.4. The Kier molecular flexibility index (Phi) is 4.17. The number of nitrogens with one attached hydrogen (secondary N) is 2. The maximum atomic E-state index is 11.7. The molecule has 2 heterocycles. The van der Waals surface area contributed by atoms with Gasteiger partial charge in [-0.25, -0.2) is 0 Å². The van der Waals surface area contributed by atoms with Crippen molar-refractivity contribution in [3.8, 4) is 0 Å². The average molecular weight is 242 g/mol. The molecule has 88 valence electrons. The number of thioether (sulfide) groups is 1. The summed E-state index contributed by atoms with van der Waals surface area (Å²) in [6.07, 6.45) is 1.93. The normalized spacial score (nSPS) is 20.6. The Labute approximate surface area is 97.5 Å². The van der Waals surface area contributed by atoms with E-state index < -0.39 is 0 Å². The molecule has 0 radical (unpaired) electrons. The Bertz CT molecular complexity index is 324. The highest BCUT2D eigenvalue weighted by atomic mass is 32.2. The molecule has 6 nitrogen and oxygen atoms in total. The fourth-order valence-corrected chi connectivity index (χ4v) is 2.39. The fourth-order valence-electron chi connectivity index (χ4n) is 1.46. The third kappa shape index (κ3) is 3.21. The van der Waals surface area contributed by atoms with Crippen LogP contribution in [0.25, 0.3) is 0 Å². The summed E-state index contributed by atoms with van der Waals surface area (Å²) >= 11 is 1.80. The van der Waals surface area contributed by atoms with Crippen molar-refractivity contribution >= 4 is 17.7 Å². The summed E-state index contributed by atoms with van der Waals surface area (Å²) in [4.78, 5) is 15.5. The van der Waals surface area contributed by atoms with Crippen molar-refractivity contribution in [1.82, 2.24) is 20.8 Å². The second kappa shape index (κ2) is 5.86. The van der Waals surface area contributed by atoms with Crippen molar-refractivity contribution in [3.63, 3.8) is 0 Å². The van der Waals surface area contributed by atoms with Crippen molar-refractivity contribution in [2.75, 3.05) is 24.6 Å². The summed E-state index contributed by atoms with van der Waals surface area (Å²) in [6, 6.07) is -0.0681. The molecule has 1 aliphatic heterocycles. The summed E-state index contributed by atoms with van der Waals surface area (Å²) in [6.45, 7) is 1.43. The number of carbonyl (C=O) groups is 1. The zero-order chi connectivity index (χ0) is 11.2. The van der Waals surface area contributed by atoms with Gasteiger partial charge in [0.2, 0.25) is 11.8 Å². The van der Waals surface area contributed by atoms with Gasteiger partial charge in [0.15, 0.2) is 6.33 Å². The molecule has 0 bridgehead atoms. The molecule has 0 saturated carbocycles. The first-order valence-electron chi connectivity index (χ1n) is 5.20. The first-order chi connectivity index (χ1) is 7.86. The minimum Gasteiger partial charge on any atom is -0.354 e. The SMILES string of the molecule is O=C(NCCc1ncno1)C1CSCCN1. The van der Waals surface area contributed by atoms with Gasteiger partial charge >= 0.3 is 0 Å². The van der Waals surface area contributed by atoms with Gasteiger partial charge in [0.25, 0.3) is 0 Å². The smallest absolute Gasteiger partial charge is 0.238 e. The molecule has 0 aliphatic carbocycles. The van der Waals surface area contributed by atoms with Gasteiger partial charge in [0.05, 0.1) is 6.04 Å². The Hall–Kier alpha value is -1.08. The van der Waals surface area contributed by atoms with Gasteiger partial charge in [0.1, 0.15) is 0 Å². The third-order valence-corrected chi connectivity index (χ3v) is 3.35. The first-order valence-corrected chi connectivity index (χ1v) is 6.36. The van der Waals surface area contributed by atoms with Crippen LogP contribution in [0.15, 0.2) is 10.9 Å². The minimum absolute atomic E-state index is 0.0479. The second-order valence-electron chi connectivity index (χ2n) is 3.46. The van der Waals surface area contributed by atoms with Gasteiger partial charge in [-0.3, -0.25) is 4.79 Å². The topological polar surface area (TPSA) is 80.1 Å². The lowest BCUT2D eigenvalue weighted by molar-refractivity contribution is -0.122. The predicted octanol–water partition coefficient (Wildman–Crippen LogP) is -0.567. The molecule has 1 aliphatic rings. The highest BCUT2D eigenvalue weighted by molar-refractivity contribution is 7.99. The summed E-state index contributed by atoms with van der Waals surface area (Å²) in [5.74, 6) is 2.51. The summed E-state index contributed by atoms with van der Waals surface area (Å²) < 4.78 is 4.83. The van der Waals surface area contributed by atoms with Crippen LogP contribution in [-0.4, -0.2) is 46.7 Å². The van der Waals surface area contributed by atoms with Gasteiger partial charge in [-0.2, -0.15) is 16.7 Å². The molecule has 0 aromatic carbocycles. The van der Waals surface area contributed by atoms with Crippen molar-refractivity contribution in [3.05, 3.63) is 12.2 Å². The van der Waals surface area contributed by atoms with E-state index in [0.29, 0.717) is 18.9 Å². The van der Waals surface area contributed by atoms with Gasteiger partial charge in [-0.1, -0.05) is 5.16 Å². The van der Waals surface area contributed by atoms with E-state index in [4.69, 9.17) is 4.52 Å². The number of nitrogens with zero attached hydrogens (tertiary/aromatic N) is 2. The number of carbonyl (C=O) groups excluding carboxylic acids is 1. The van der Waals surface area contributed by atoms with E-state index in [1.807, 2.05) is 0 Å². The highest BCUT2D eigenvalue weighted by Gasteiger charge is 2.20. The van der Waals surface area contributed by atoms with E-state index >= 15 is 0 Å². The quantitative estimate of drug-likeness (QED) is 0.736. The zero-order valence-electron chi connectivity index (χ0n) is 8.81. The van der Waals surface area contributed by atoms with Crippen LogP contribution in [0.2, 0.25) is 0 Å². The summed E-state index contributed by atoms with van der Waals surface area (Å²) in [7, 11) is 0. The van der Waals surface area contributed by atoms with Crippen LogP contribution in [0.4, 0.5) is 0 Å². The standard InChI is InChI=1S/C9H14N4O2S/c14-9(7-5-16-4-3-10-7)11-2-1-8-12-6-13-15-8/h6-7,10H,1-5H2,(H,11,14). The van der Waals surface area contributed by atoms with Crippen LogP contribution in [0.3, 0.4) is 0 Å². The Morgan fingerprint density at radius 2 is 2.69 bits per heavy atom. The van der Waals surface area contributed by atoms with Crippen molar-refractivity contribution in [2.24, 2.45) is 0 Å². The van der Waals surface area contributed by atoms with Crippen molar-refractivity contribution in [1.29, 1.82) is 0 Å². The van der Waals surface area contributed by atoms with E-state index in [1.165, 1.54) is 6.33 Å². The van der Waals surface area contributed by atoms with Gasteiger partial charge in [-0.15, -0.1) is 0 Å². The molecule has 1 unspecified atom stereocenters. The lowest BCUT2D eigenvalue weighted by atomic mass is 10.3. The molecule has 2 rings (SSSR count). The molecular formula is C9H14N4O2S. The van der Waals surface area contributed by atoms with Gasteiger partial charge in [0, 0.05) is 31.0 Å². The lowest BCUT2D eigenvalue weighted by Crippen LogP contribution is -2.49. The average Bonchev–Trinajstić information content (AvgIpc) is 2.83. The maximum Gasteiger partial charge on any atom is 0.238 e. The monoisotopic (exact) mass is 242 g/mol. The number of amides is 1. The number of hydrogen-bond donors (Lipinski definition) is 2. The Balaban J connectivity index is 1.67. The predicted molar refractivity (Wildman–Crippen MR) is 60.1 cm³/mol. The van der Waals surface area contributed by atoms with Gasteiger partial charge < -0.3 is 15.2 Å². The second-order valence-corrected chi connectivity index (χ2v) is 4.61. The van der Waals surface area contributed by atoms with Crippen LogP contribution in [0, 0.1) is 0 Å². The van der Waals surface area contributed by atoms with E-state index in [9.17, 15) is 4.79 Å². The molecule has 7 heteroatoms. The van der Waals surface area contributed by atoms with E-state index in [2.05, 4.69) is 20.8 Å². The largest absolute Gasteiger partial charge is 0.354 e. The lowest BCUT2D eigenvalue weighted by Gasteiger charge is -2.21. The summed E-state index contributed by atoms with van der Waals surface area (Å²) in [5, 5.41) is 9.52. The van der Waals surface area contributed by atoms with Crippen LogP contribution >= 0.6 is 11.8 Å². The molecule has 1 atom stereocenters. The van der Waals surface area contributed by atoms with Crippen LogP contribution in [0.1, 0.15) is 5.89 Å². The third-order valence-electron chi connectivity index (χ3n) is 2.28. The summed E-state index contributed by atoms with van der Waals surface area (Å²) in [5.41, 5.74) is 0. The minimum atomic E-state index is -0.0681. The zero-order valence-corrected chi connectivity index (χ0v) is 9.63. The number of aromatic nitrogens is 2. The molecule has 0 spiro atoms. The van der Waals surface area contributed by atoms with Gasteiger partial charge in [-0.05, 0) is 0 Å². The number of hydrogen-bond acceptors (Lipinski definition) is 6. The molecule has 1 aromatic heterocycles. The van der Waals surface area contributed by atoms with Crippen LogP contribution in [0.5, 0.6) is 0 Å². The molecule has 1 amide bonds. The molecule has 1 saturated heterocycles. The Morgan fingerprint density at radius 1 is 1.75 bits per heavy atom. The molecular weight excluding hydrogens is 228 g/mol. The molecule has 1 aromatic rings. The maximum absolute atomic E-state index is 11.7. The molecule has 1 fully saturated rings. The van der Waals surface area contributed by atoms with Crippen molar-refractivity contribution < 1.29 is 9.32 Å². The van der Waals surface area contributed by atoms with Crippen LogP contribution in [-0.2, 0) is 11.2 Å². The Morgan fingerprint density at radius 3 is 3.38 bits per heavy atom. The van der Waals surface area contributed by atoms with Crippen LogP contribution < -0.4 is 10.6 Å². The highest BCUT2D eigenvalue weighted by Crippen LogP contribution is 2.07. The fraction of sp³-hybridized carbons (Fsp3) is 0.667. The molecule has 2 N–H and O–H groups in total. The van der Waals surface area contributed by atoms with Crippen molar-refractivity contribution in [2.45, 2.75) is 12.5 Å². The molecule has 16 heavy (non-hydrogen) atoms. The number of rotatable bonds is 4. The van der Waals surface area contributed by atoms with E-state index in [1.54, 1.807) is 11.8 Å².